The second-order valence-corrected chi connectivity index (χ2v) is 21.8. The summed E-state index contributed by atoms with van der Waals surface area (Å²) in [4.78, 5) is 71.8. The van der Waals surface area contributed by atoms with Crippen LogP contribution in [-0.4, -0.2) is 136 Å². The molecule has 0 radical (unpaired) electrons. The number of hydrogen-bond acceptors (Lipinski definition) is 13. The van der Waals surface area contributed by atoms with Gasteiger partial charge in [-0.05, 0) is 107 Å². The molecule has 1 aliphatic carbocycles. The molecule has 0 aromatic heterocycles. The molecule has 69 heavy (non-hydrogen) atoms. The highest BCUT2D eigenvalue weighted by atomic mass is 35.6. The van der Waals surface area contributed by atoms with Gasteiger partial charge in [-0.1, -0.05) is 106 Å². The Balaban J connectivity index is 0.00000303. The van der Waals surface area contributed by atoms with Crippen molar-refractivity contribution in [3.8, 4) is 0 Å². The van der Waals surface area contributed by atoms with Crippen molar-refractivity contribution in [2.45, 2.75) is 184 Å². The van der Waals surface area contributed by atoms with Crippen molar-refractivity contribution in [1.29, 1.82) is 0 Å². The molecule has 392 valence electrons. The van der Waals surface area contributed by atoms with E-state index in [1.165, 1.54) is 12.0 Å². The Labute approximate surface area is 425 Å². The lowest BCUT2D eigenvalue weighted by Crippen LogP contribution is -2.61. The van der Waals surface area contributed by atoms with E-state index < -0.39 is 88.2 Å². The number of carbonyl (C=O) groups excluding carboxylic acids is 5. The third-order valence-electron chi connectivity index (χ3n) is 14.5. The summed E-state index contributed by atoms with van der Waals surface area (Å²) in [7, 11) is 4.52. The van der Waals surface area contributed by atoms with Gasteiger partial charge < -0.3 is 43.9 Å². The van der Waals surface area contributed by atoms with Crippen LogP contribution in [0.4, 0.5) is 0 Å². The summed E-state index contributed by atoms with van der Waals surface area (Å²) in [6, 6.07) is -1.14. The number of carbonyl (C=O) groups is 5. The van der Waals surface area contributed by atoms with Gasteiger partial charge in [0.15, 0.2) is 10.1 Å². The molecule has 3 fully saturated rings. The standard InChI is InChI=1S/C51H79NO13.CHCl3/c1-30-16-12-11-13-17-31(2)42(61-8)28-38-21-19-36(7)51(60,65-38)48(57)49(58)52-23-15-14-18-39(52)50(59)64-43(33(4)26-37-20-22-40(53)44(27-37)62-9)29-41(54)32(3)25-35(6)46(56)47(63-10)45(55)34(5)24-30;2-1(3)4/h11-13,16-17,25,30,32-34,36-40,42-44,46-47,53,56,60H,14-15,18-24,26-29H2,1-10H3;1H/b13-11?,16-12+,31-17?,35-25+;/t30-,32-,33+,34-,36-,37+,38+,39+,40-,42+,43+,44-,46-,47+,51-;/m1./s1. The monoisotopic (exact) mass is 1030 g/mol. The van der Waals surface area contributed by atoms with Crippen molar-refractivity contribution in [2.75, 3.05) is 27.9 Å². The third kappa shape index (κ3) is 17.9. The van der Waals surface area contributed by atoms with E-state index in [1.54, 1.807) is 41.1 Å². The molecule has 0 spiro atoms. The number of aliphatic hydroxyl groups is 3. The number of fused-ring (bicyclic) bond motifs is 3. The first-order chi connectivity index (χ1) is 32.5. The van der Waals surface area contributed by atoms with E-state index in [0.29, 0.717) is 63.4 Å². The van der Waals surface area contributed by atoms with Crippen LogP contribution in [0.3, 0.4) is 0 Å². The largest absolute Gasteiger partial charge is 0.460 e. The summed E-state index contributed by atoms with van der Waals surface area (Å²) in [5, 5.41) is 33.8. The van der Waals surface area contributed by atoms with E-state index in [2.05, 4.69) is 0 Å². The number of ketones is 3. The quantitative estimate of drug-likeness (QED) is 0.0999. The maximum Gasteiger partial charge on any atom is 0.329 e. The predicted molar refractivity (Wildman–Crippen MR) is 266 cm³/mol. The number of esters is 1. The Hall–Kier alpha value is -2.50. The molecule has 0 unspecified atom stereocenters. The second kappa shape index (κ2) is 29.3. The number of amides is 1. The Kier molecular flexibility index (Phi) is 25.8. The van der Waals surface area contributed by atoms with Gasteiger partial charge in [0.2, 0.25) is 5.79 Å². The van der Waals surface area contributed by atoms with Crippen LogP contribution in [0.25, 0.3) is 0 Å². The number of Topliss-reactive ketones (excluding diaryl/α,β-unsaturated/α-hetero) is 3. The lowest BCUT2D eigenvalue weighted by molar-refractivity contribution is -0.265. The van der Waals surface area contributed by atoms with Crippen molar-refractivity contribution in [2.24, 2.45) is 35.5 Å². The molecule has 2 bridgehead atoms. The number of halogens is 3. The van der Waals surface area contributed by atoms with Crippen LogP contribution in [0.15, 0.2) is 47.6 Å². The summed E-state index contributed by atoms with van der Waals surface area (Å²) in [6.07, 6.45) is 11.2. The number of cyclic esters (lactones) is 1. The Morgan fingerprint density at radius 3 is 2.16 bits per heavy atom. The zero-order valence-electron chi connectivity index (χ0n) is 42.3. The summed E-state index contributed by atoms with van der Waals surface area (Å²) in [5.41, 5.74) is 1.27. The minimum atomic E-state index is -2.43. The molecule has 3 N–H and O–H groups in total. The lowest BCUT2D eigenvalue weighted by atomic mass is 9.78. The minimum absolute atomic E-state index is 0.0193. The van der Waals surface area contributed by atoms with Gasteiger partial charge in [0, 0.05) is 58.5 Å². The van der Waals surface area contributed by atoms with Gasteiger partial charge in [0.25, 0.3) is 11.7 Å². The first kappa shape index (κ1) is 60.8. The molecule has 17 heteroatoms. The van der Waals surface area contributed by atoms with E-state index in [9.17, 15) is 39.3 Å². The fraction of sp³-hybridized carbons (Fsp3) is 0.750. The van der Waals surface area contributed by atoms with Gasteiger partial charge >= 0.3 is 5.97 Å². The number of allylic oxidation sites excluding steroid dienone is 6. The molecule has 14 nitrogen and oxygen atoms in total. The van der Waals surface area contributed by atoms with E-state index in [-0.39, 0.29) is 54.8 Å². The number of alkyl halides is 3. The molecule has 1 amide bonds. The van der Waals surface area contributed by atoms with E-state index in [4.69, 9.17) is 58.5 Å². The predicted octanol–water partition coefficient (Wildman–Crippen LogP) is 8.17. The van der Waals surface area contributed by atoms with Gasteiger partial charge in [-0.15, -0.1) is 0 Å². The Morgan fingerprint density at radius 1 is 0.841 bits per heavy atom. The van der Waals surface area contributed by atoms with Crippen LogP contribution in [0.1, 0.15) is 126 Å². The van der Waals surface area contributed by atoms with Gasteiger partial charge in [-0.2, -0.15) is 0 Å². The second-order valence-electron chi connectivity index (χ2n) is 19.8. The molecule has 3 heterocycles. The molecule has 4 aliphatic rings. The number of rotatable bonds is 6. The van der Waals surface area contributed by atoms with E-state index in [0.717, 1.165) is 12.0 Å². The summed E-state index contributed by atoms with van der Waals surface area (Å²) in [5.74, 6) is -7.96. The van der Waals surface area contributed by atoms with Crippen LogP contribution in [0.5, 0.6) is 0 Å². The number of aliphatic hydroxyl groups excluding tert-OH is 2. The van der Waals surface area contributed by atoms with Gasteiger partial charge in [0.1, 0.15) is 30.1 Å². The average molecular weight is 1030 g/mol. The fourth-order valence-corrected chi connectivity index (χ4v) is 10.1. The maximum absolute atomic E-state index is 14.4. The molecule has 0 aromatic rings. The fourth-order valence-electron chi connectivity index (χ4n) is 10.1. The molecule has 4 rings (SSSR count). The van der Waals surface area contributed by atoms with Crippen LogP contribution < -0.4 is 0 Å². The number of methoxy groups -OCH3 is 3. The van der Waals surface area contributed by atoms with Gasteiger partial charge in [0.05, 0.1) is 24.4 Å². The van der Waals surface area contributed by atoms with Crippen LogP contribution >= 0.6 is 34.8 Å². The van der Waals surface area contributed by atoms with Gasteiger partial charge in [-0.25, -0.2) is 4.79 Å². The maximum atomic E-state index is 14.4. The highest BCUT2D eigenvalue weighted by Gasteiger charge is 2.53. The normalized spacial score (nSPS) is 37.4. The topological polar surface area (TPSA) is 195 Å². The number of piperidine rings is 1. The highest BCUT2D eigenvalue weighted by molar-refractivity contribution is 6.63. The number of ether oxygens (including phenoxy) is 5. The molecular weight excluding hydrogens is 953 g/mol. The first-order valence-corrected chi connectivity index (χ1v) is 25.9. The summed E-state index contributed by atoms with van der Waals surface area (Å²) >= 11 is 14.4. The number of nitrogens with zero attached hydrogens (tertiary/aromatic N) is 1. The lowest BCUT2D eigenvalue weighted by Gasteiger charge is -2.42. The molecule has 0 aromatic carbocycles. The molecule has 2 saturated heterocycles. The first-order valence-electron chi connectivity index (χ1n) is 24.6. The van der Waals surface area contributed by atoms with Crippen LogP contribution in [0.2, 0.25) is 0 Å². The molecular formula is C52H80Cl3NO13. The number of hydrogen-bond donors (Lipinski definition) is 3. The Bertz CT molecular complexity index is 1820. The van der Waals surface area contributed by atoms with Crippen molar-refractivity contribution in [3.63, 3.8) is 0 Å². The molecule has 3 aliphatic heterocycles. The van der Waals surface area contributed by atoms with Crippen molar-refractivity contribution >= 4 is 64.0 Å². The molecule has 1 saturated carbocycles. The van der Waals surface area contributed by atoms with Gasteiger partial charge in [-0.3, -0.25) is 19.2 Å². The van der Waals surface area contributed by atoms with E-state index >= 15 is 0 Å². The highest BCUT2D eigenvalue weighted by Crippen LogP contribution is 2.38. The van der Waals surface area contributed by atoms with E-state index in [1.807, 2.05) is 58.1 Å². The van der Waals surface area contributed by atoms with Crippen molar-refractivity contribution in [1.82, 2.24) is 4.90 Å². The van der Waals surface area contributed by atoms with Crippen LogP contribution in [-0.2, 0) is 47.7 Å². The summed E-state index contributed by atoms with van der Waals surface area (Å²) < 4.78 is 28.6. The van der Waals surface area contributed by atoms with Crippen molar-refractivity contribution in [3.05, 3.63) is 47.6 Å². The smallest absolute Gasteiger partial charge is 0.329 e. The average Bonchev–Trinajstić information content (AvgIpc) is 3.30. The van der Waals surface area contributed by atoms with Crippen LogP contribution in [0, 0.1) is 35.5 Å². The minimum Gasteiger partial charge on any atom is -0.460 e. The third-order valence-corrected chi connectivity index (χ3v) is 14.5. The zero-order valence-corrected chi connectivity index (χ0v) is 44.6. The van der Waals surface area contributed by atoms with Crippen molar-refractivity contribution < 1.29 is 63.0 Å². The summed E-state index contributed by atoms with van der Waals surface area (Å²) in [6.45, 7) is 12.7. The SMILES string of the molecule is CO[C@H]1C[C@@H]2CC[C@@H](C)[C@@](O)(O2)C(=O)C(=O)N2CCCC[C@H]2C(=O)O[C@H]([C@@H](C)C[C@@H]2CC[C@@H](O)[C@H](OC)C2)CC(=O)[C@H](C)/C=C(\C)[C@@H](O)[C@@H](OC)C(=O)[C@H](C)C[C@H](C)/C=C/C=CC=C1C.ClC(Cl)Cl. The Morgan fingerprint density at radius 2 is 1.52 bits per heavy atom. The zero-order chi connectivity index (χ0) is 51.7. The molecule has 15 atom stereocenters.